The van der Waals surface area contributed by atoms with Gasteiger partial charge in [-0.25, -0.2) is 4.79 Å². The number of carbonyl (C=O) groups is 3. The molecule has 1 fully saturated rings. The van der Waals surface area contributed by atoms with Crippen LogP contribution in [0.4, 0.5) is 10.5 Å². The van der Waals surface area contributed by atoms with Crippen molar-refractivity contribution in [2.75, 3.05) is 19.5 Å². The lowest BCUT2D eigenvalue weighted by molar-refractivity contribution is -0.129. The lowest BCUT2D eigenvalue weighted by atomic mass is 10.1. The molecule has 0 aromatic heterocycles. The maximum Gasteiger partial charge on any atom is 0.325 e. The minimum atomic E-state index is -0.728. The first kappa shape index (κ1) is 21.2. The molecule has 1 aliphatic rings. The molecule has 1 saturated heterocycles. The first-order valence-electron chi connectivity index (χ1n) is 9.64. The van der Waals surface area contributed by atoms with Gasteiger partial charge in [0.1, 0.15) is 17.5 Å². The predicted molar refractivity (Wildman–Crippen MR) is 111 cm³/mol. The van der Waals surface area contributed by atoms with Crippen LogP contribution in [0.1, 0.15) is 31.4 Å². The number of hydrogen-bond acceptors (Lipinski definition) is 5. The number of methoxy groups -OCH3 is 2. The largest absolute Gasteiger partial charge is 0.497 e. The molecule has 4 amide bonds. The number of amides is 4. The molecule has 2 unspecified atom stereocenters. The molecule has 30 heavy (non-hydrogen) atoms. The first-order valence-corrected chi connectivity index (χ1v) is 9.64. The third kappa shape index (κ3) is 4.71. The van der Waals surface area contributed by atoms with E-state index in [2.05, 4.69) is 10.6 Å². The van der Waals surface area contributed by atoms with Gasteiger partial charge in [0.25, 0.3) is 5.91 Å². The van der Waals surface area contributed by atoms with Gasteiger partial charge in [-0.1, -0.05) is 30.3 Å². The monoisotopic (exact) mass is 411 g/mol. The van der Waals surface area contributed by atoms with Crippen LogP contribution < -0.4 is 20.1 Å². The summed E-state index contributed by atoms with van der Waals surface area (Å²) in [7, 11) is 3.05. The molecular formula is C22H25N3O5. The number of urea groups is 1. The van der Waals surface area contributed by atoms with Crippen molar-refractivity contribution in [1.82, 2.24) is 10.2 Å². The molecule has 2 N–H and O–H groups in total. The summed E-state index contributed by atoms with van der Waals surface area (Å²) in [5.41, 5.74) is 1.39. The highest BCUT2D eigenvalue weighted by Gasteiger charge is 2.40. The molecule has 8 nitrogen and oxygen atoms in total. The number of imide groups is 1. The molecule has 0 bridgehead atoms. The van der Waals surface area contributed by atoms with Gasteiger partial charge in [0.15, 0.2) is 0 Å². The normalized spacial score (nSPS) is 16.8. The quantitative estimate of drug-likeness (QED) is 0.651. The Kier molecular flexibility index (Phi) is 6.56. The zero-order valence-corrected chi connectivity index (χ0v) is 17.2. The Morgan fingerprint density at radius 1 is 1.10 bits per heavy atom. The van der Waals surface area contributed by atoms with Crippen molar-refractivity contribution in [2.45, 2.75) is 31.8 Å². The zero-order valence-electron chi connectivity index (χ0n) is 17.2. The number of benzene rings is 2. The second-order valence-electron chi connectivity index (χ2n) is 6.99. The van der Waals surface area contributed by atoms with Crippen LogP contribution in [0.15, 0.2) is 48.5 Å². The highest BCUT2D eigenvalue weighted by atomic mass is 16.5. The fourth-order valence-corrected chi connectivity index (χ4v) is 3.37. The van der Waals surface area contributed by atoms with E-state index in [1.54, 1.807) is 25.1 Å². The van der Waals surface area contributed by atoms with Crippen LogP contribution in [0.2, 0.25) is 0 Å². The Morgan fingerprint density at radius 3 is 2.33 bits per heavy atom. The van der Waals surface area contributed by atoms with E-state index in [9.17, 15) is 14.4 Å². The summed E-state index contributed by atoms with van der Waals surface area (Å²) >= 11 is 0. The van der Waals surface area contributed by atoms with Crippen LogP contribution in [-0.2, 0) is 9.59 Å². The van der Waals surface area contributed by atoms with Gasteiger partial charge >= 0.3 is 6.03 Å². The number of hydrogen-bond donors (Lipinski definition) is 2. The topological polar surface area (TPSA) is 97.0 Å². The second kappa shape index (κ2) is 9.30. The second-order valence-corrected chi connectivity index (χ2v) is 6.99. The SMILES string of the molecule is COc1cc(NC(=O)CCC2NC(=O)N(C(C)c3ccccc3)C2=O)cc(OC)c1. The van der Waals surface area contributed by atoms with Crippen LogP contribution in [-0.4, -0.2) is 43.0 Å². The third-order valence-corrected chi connectivity index (χ3v) is 5.02. The number of carbonyl (C=O) groups excluding carboxylic acids is 3. The van der Waals surface area contributed by atoms with Crippen LogP contribution in [0, 0.1) is 0 Å². The van der Waals surface area contributed by atoms with Gasteiger partial charge in [-0.15, -0.1) is 0 Å². The fraction of sp³-hybridized carbons (Fsp3) is 0.318. The molecule has 158 valence electrons. The molecule has 0 radical (unpaired) electrons. The minimum absolute atomic E-state index is 0.0732. The lowest BCUT2D eigenvalue weighted by Crippen LogP contribution is -2.34. The maximum absolute atomic E-state index is 12.7. The standard InChI is InChI=1S/C22H25N3O5/c1-14(15-7-5-4-6-8-15)25-21(27)19(24-22(25)28)9-10-20(26)23-16-11-17(29-2)13-18(12-16)30-3/h4-8,11-14,19H,9-10H2,1-3H3,(H,23,26)(H,24,28). The highest BCUT2D eigenvalue weighted by molar-refractivity contribution is 6.05. The van der Waals surface area contributed by atoms with Crippen LogP contribution in [0.25, 0.3) is 0 Å². The Balaban J connectivity index is 1.59. The van der Waals surface area contributed by atoms with Crippen molar-refractivity contribution in [3.63, 3.8) is 0 Å². The molecule has 0 spiro atoms. The smallest absolute Gasteiger partial charge is 0.325 e. The number of nitrogens with zero attached hydrogens (tertiary/aromatic N) is 1. The Hall–Kier alpha value is -3.55. The minimum Gasteiger partial charge on any atom is -0.497 e. The number of anilines is 1. The van der Waals surface area contributed by atoms with E-state index in [1.165, 1.54) is 19.1 Å². The van der Waals surface area contributed by atoms with Crippen LogP contribution in [0.5, 0.6) is 11.5 Å². The van der Waals surface area contributed by atoms with Crippen molar-refractivity contribution in [3.8, 4) is 11.5 Å². The van der Waals surface area contributed by atoms with Crippen LogP contribution >= 0.6 is 0 Å². The Labute approximate surface area is 175 Å². The summed E-state index contributed by atoms with van der Waals surface area (Å²) in [4.78, 5) is 38.7. The van der Waals surface area contributed by atoms with Gasteiger partial charge in [-0.05, 0) is 18.9 Å². The zero-order chi connectivity index (χ0) is 21.7. The molecule has 1 heterocycles. The average molecular weight is 411 g/mol. The summed E-state index contributed by atoms with van der Waals surface area (Å²) in [6.45, 7) is 1.80. The fourth-order valence-electron chi connectivity index (χ4n) is 3.37. The summed E-state index contributed by atoms with van der Waals surface area (Å²) in [6, 6.07) is 12.8. The lowest BCUT2D eigenvalue weighted by Gasteiger charge is -2.21. The van der Waals surface area contributed by atoms with Gasteiger partial charge in [0, 0.05) is 30.3 Å². The molecule has 8 heteroatoms. The van der Waals surface area contributed by atoms with E-state index in [-0.39, 0.29) is 30.7 Å². The molecule has 2 aromatic carbocycles. The third-order valence-electron chi connectivity index (χ3n) is 5.02. The molecule has 1 aliphatic heterocycles. The van der Waals surface area contributed by atoms with E-state index >= 15 is 0 Å². The number of ether oxygens (including phenoxy) is 2. The molecule has 0 aliphatic carbocycles. The van der Waals surface area contributed by atoms with Crippen molar-refractivity contribution in [1.29, 1.82) is 0 Å². The van der Waals surface area contributed by atoms with Gasteiger partial charge in [0.2, 0.25) is 5.91 Å². The van der Waals surface area contributed by atoms with Crippen molar-refractivity contribution in [3.05, 3.63) is 54.1 Å². The van der Waals surface area contributed by atoms with E-state index in [4.69, 9.17) is 9.47 Å². The van der Waals surface area contributed by atoms with Crippen LogP contribution in [0.3, 0.4) is 0 Å². The van der Waals surface area contributed by atoms with Gasteiger partial charge in [-0.2, -0.15) is 0 Å². The average Bonchev–Trinajstić information content (AvgIpc) is 3.05. The number of nitrogens with one attached hydrogen (secondary N) is 2. The summed E-state index contributed by atoms with van der Waals surface area (Å²) in [5.74, 6) is 0.496. The Morgan fingerprint density at radius 2 is 1.73 bits per heavy atom. The van der Waals surface area contributed by atoms with Crippen molar-refractivity contribution in [2.24, 2.45) is 0 Å². The van der Waals surface area contributed by atoms with E-state index in [1.807, 2.05) is 30.3 Å². The maximum atomic E-state index is 12.7. The molecule has 0 saturated carbocycles. The van der Waals surface area contributed by atoms with Crippen molar-refractivity contribution >= 4 is 23.5 Å². The van der Waals surface area contributed by atoms with E-state index < -0.39 is 12.1 Å². The first-order chi connectivity index (χ1) is 14.4. The number of rotatable bonds is 8. The predicted octanol–water partition coefficient (Wildman–Crippen LogP) is 3.10. The van der Waals surface area contributed by atoms with Crippen molar-refractivity contribution < 1.29 is 23.9 Å². The van der Waals surface area contributed by atoms with Gasteiger partial charge in [-0.3, -0.25) is 14.5 Å². The molecule has 2 aromatic rings. The molecular weight excluding hydrogens is 386 g/mol. The Bertz CT molecular complexity index is 909. The molecule has 2 atom stereocenters. The summed E-state index contributed by atoms with van der Waals surface area (Å²) < 4.78 is 10.4. The van der Waals surface area contributed by atoms with Gasteiger partial charge < -0.3 is 20.1 Å². The van der Waals surface area contributed by atoms with Gasteiger partial charge in [0.05, 0.1) is 20.3 Å². The van der Waals surface area contributed by atoms with E-state index in [0.717, 1.165) is 5.56 Å². The molecule has 3 rings (SSSR count). The summed E-state index contributed by atoms with van der Waals surface area (Å²) in [5, 5.41) is 5.44. The van der Waals surface area contributed by atoms with E-state index in [0.29, 0.717) is 17.2 Å². The summed E-state index contributed by atoms with van der Waals surface area (Å²) in [6.07, 6.45) is 0.277. The highest BCUT2D eigenvalue weighted by Crippen LogP contribution is 2.27.